The summed E-state index contributed by atoms with van der Waals surface area (Å²) < 4.78 is 5.73. The van der Waals surface area contributed by atoms with Gasteiger partial charge in [-0.25, -0.2) is 0 Å². The first-order valence-corrected chi connectivity index (χ1v) is 6.89. The van der Waals surface area contributed by atoms with Crippen molar-refractivity contribution in [2.24, 2.45) is 5.10 Å². The summed E-state index contributed by atoms with van der Waals surface area (Å²) in [5.41, 5.74) is 4.99. The maximum absolute atomic E-state index is 5.73. The molecule has 20 heavy (non-hydrogen) atoms. The third kappa shape index (κ3) is 4.43. The number of hydrazone groups is 1. The smallest absolute Gasteiger partial charge is 0.119 e. The van der Waals surface area contributed by atoms with Gasteiger partial charge in [0, 0.05) is 0 Å². The average molecular weight is 268 g/mol. The number of para-hydroxylation sites is 1. The minimum atomic E-state index is 0.245. The van der Waals surface area contributed by atoms with Crippen LogP contribution in [0.1, 0.15) is 25.8 Å². The Hall–Kier alpha value is -2.29. The van der Waals surface area contributed by atoms with E-state index in [2.05, 4.69) is 24.4 Å². The van der Waals surface area contributed by atoms with Gasteiger partial charge in [-0.3, -0.25) is 5.43 Å². The molecule has 0 fully saturated rings. The summed E-state index contributed by atoms with van der Waals surface area (Å²) in [5, 5.41) is 4.20. The van der Waals surface area contributed by atoms with Gasteiger partial charge in [-0.15, -0.1) is 0 Å². The van der Waals surface area contributed by atoms with Gasteiger partial charge in [0.05, 0.1) is 18.0 Å². The van der Waals surface area contributed by atoms with Crippen molar-refractivity contribution < 1.29 is 4.74 Å². The molecular formula is C17H20N2O. The first-order chi connectivity index (χ1) is 9.78. The maximum atomic E-state index is 5.73. The molecule has 0 amide bonds. The lowest BCUT2D eigenvalue weighted by atomic mass is 10.2. The van der Waals surface area contributed by atoms with E-state index in [1.807, 2.05) is 54.6 Å². The average Bonchev–Trinajstić information content (AvgIpc) is 2.50. The Morgan fingerprint density at radius 2 is 1.80 bits per heavy atom. The van der Waals surface area contributed by atoms with Crippen LogP contribution < -0.4 is 10.2 Å². The van der Waals surface area contributed by atoms with E-state index in [-0.39, 0.29) is 6.10 Å². The molecule has 3 heteroatoms. The summed E-state index contributed by atoms with van der Waals surface area (Å²) in [6.45, 7) is 4.18. The van der Waals surface area contributed by atoms with E-state index in [0.717, 1.165) is 23.4 Å². The minimum Gasteiger partial charge on any atom is -0.491 e. The largest absolute Gasteiger partial charge is 0.491 e. The van der Waals surface area contributed by atoms with Crippen LogP contribution in [-0.4, -0.2) is 12.3 Å². The Bertz CT molecular complexity index is 535. The number of nitrogens with zero attached hydrogens (tertiary/aromatic N) is 1. The number of nitrogens with one attached hydrogen (secondary N) is 1. The molecule has 0 bridgehead atoms. The fourth-order valence-electron chi connectivity index (χ4n) is 1.64. The molecule has 0 aromatic heterocycles. The van der Waals surface area contributed by atoms with Gasteiger partial charge < -0.3 is 4.74 Å². The molecule has 1 N–H and O–H groups in total. The van der Waals surface area contributed by atoms with E-state index in [9.17, 15) is 0 Å². The van der Waals surface area contributed by atoms with Crippen LogP contribution in [0.15, 0.2) is 59.7 Å². The highest BCUT2D eigenvalue weighted by Crippen LogP contribution is 2.14. The normalized spacial score (nSPS) is 12.3. The molecule has 0 radical (unpaired) electrons. The van der Waals surface area contributed by atoms with Gasteiger partial charge in [-0.1, -0.05) is 25.1 Å². The number of anilines is 1. The maximum Gasteiger partial charge on any atom is 0.119 e. The zero-order chi connectivity index (χ0) is 14.2. The van der Waals surface area contributed by atoms with Gasteiger partial charge in [0.15, 0.2) is 0 Å². The molecule has 0 heterocycles. The highest BCUT2D eigenvalue weighted by Gasteiger charge is 2.00. The fourth-order valence-corrected chi connectivity index (χ4v) is 1.64. The van der Waals surface area contributed by atoms with Crippen LogP contribution >= 0.6 is 0 Å². The molecular weight excluding hydrogens is 248 g/mol. The Morgan fingerprint density at radius 3 is 2.45 bits per heavy atom. The van der Waals surface area contributed by atoms with Crippen LogP contribution in [0.2, 0.25) is 0 Å². The van der Waals surface area contributed by atoms with Gasteiger partial charge in [0.1, 0.15) is 5.75 Å². The van der Waals surface area contributed by atoms with E-state index >= 15 is 0 Å². The number of ether oxygens (including phenoxy) is 1. The molecule has 1 unspecified atom stereocenters. The molecule has 2 aromatic carbocycles. The first kappa shape index (κ1) is 14.1. The van der Waals surface area contributed by atoms with E-state index < -0.39 is 0 Å². The standard InChI is InChI=1S/C17H20N2O/c1-3-14(2)20-17-11-9-15(10-12-17)13-18-19-16-7-5-4-6-8-16/h4-14,19H,3H2,1-2H3. The third-order valence-corrected chi connectivity index (χ3v) is 2.97. The number of hydrogen-bond donors (Lipinski definition) is 1. The second-order valence-electron chi connectivity index (χ2n) is 4.64. The van der Waals surface area contributed by atoms with E-state index in [4.69, 9.17) is 4.74 Å². The van der Waals surface area contributed by atoms with Crippen LogP contribution in [-0.2, 0) is 0 Å². The second-order valence-corrected chi connectivity index (χ2v) is 4.64. The van der Waals surface area contributed by atoms with Gasteiger partial charge in [-0.05, 0) is 55.3 Å². The van der Waals surface area contributed by atoms with Crippen LogP contribution in [0.5, 0.6) is 5.75 Å². The monoisotopic (exact) mass is 268 g/mol. The SMILES string of the molecule is CCC(C)Oc1ccc(C=NNc2ccccc2)cc1. The molecule has 0 aliphatic heterocycles. The molecule has 0 aliphatic carbocycles. The molecule has 0 saturated heterocycles. The third-order valence-electron chi connectivity index (χ3n) is 2.97. The summed E-state index contributed by atoms with van der Waals surface area (Å²) in [7, 11) is 0. The topological polar surface area (TPSA) is 33.6 Å². The number of hydrogen-bond acceptors (Lipinski definition) is 3. The molecule has 2 rings (SSSR count). The highest BCUT2D eigenvalue weighted by molar-refractivity contribution is 5.80. The summed E-state index contributed by atoms with van der Waals surface area (Å²) >= 11 is 0. The van der Waals surface area contributed by atoms with Crippen molar-refractivity contribution in [2.75, 3.05) is 5.43 Å². The Morgan fingerprint density at radius 1 is 1.10 bits per heavy atom. The summed E-state index contributed by atoms with van der Waals surface area (Å²) in [6, 6.07) is 17.8. The van der Waals surface area contributed by atoms with Crippen molar-refractivity contribution in [1.29, 1.82) is 0 Å². The minimum absolute atomic E-state index is 0.245. The molecule has 104 valence electrons. The number of benzene rings is 2. The van der Waals surface area contributed by atoms with Crippen LogP contribution in [0, 0.1) is 0 Å². The predicted molar refractivity (Wildman–Crippen MR) is 84.5 cm³/mol. The van der Waals surface area contributed by atoms with Gasteiger partial charge in [0.2, 0.25) is 0 Å². The summed E-state index contributed by atoms with van der Waals surface area (Å²) in [5.74, 6) is 0.896. The molecule has 1 atom stereocenters. The van der Waals surface area contributed by atoms with E-state index in [1.165, 1.54) is 0 Å². The Balaban J connectivity index is 1.90. The predicted octanol–water partition coefficient (Wildman–Crippen LogP) is 4.31. The molecule has 0 aliphatic rings. The highest BCUT2D eigenvalue weighted by atomic mass is 16.5. The van der Waals surface area contributed by atoms with Crippen molar-refractivity contribution in [1.82, 2.24) is 0 Å². The van der Waals surface area contributed by atoms with Crippen molar-refractivity contribution >= 4 is 11.9 Å². The quantitative estimate of drug-likeness (QED) is 0.625. The molecule has 0 spiro atoms. The summed E-state index contributed by atoms with van der Waals surface area (Å²) in [4.78, 5) is 0. The van der Waals surface area contributed by atoms with Crippen LogP contribution in [0.25, 0.3) is 0 Å². The van der Waals surface area contributed by atoms with Gasteiger partial charge in [0.25, 0.3) is 0 Å². The van der Waals surface area contributed by atoms with Crippen LogP contribution in [0.4, 0.5) is 5.69 Å². The molecule has 0 saturated carbocycles. The summed E-state index contributed by atoms with van der Waals surface area (Å²) in [6.07, 6.45) is 3.04. The van der Waals surface area contributed by atoms with Crippen molar-refractivity contribution in [3.05, 3.63) is 60.2 Å². The van der Waals surface area contributed by atoms with E-state index in [1.54, 1.807) is 6.21 Å². The molecule has 3 nitrogen and oxygen atoms in total. The van der Waals surface area contributed by atoms with Gasteiger partial charge in [-0.2, -0.15) is 5.10 Å². The van der Waals surface area contributed by atoms with Gasteiger partial charge >= 0.3 is 0 Å². The van der Waals surface area contributed by atoms with E-state index in [0.29, 0.717) is 0 Å². The lowest BCUT2D eigenvalue weighted by Gasteiger charge is -2.12. The number of rotatable bonds is 6. The van der Waals surface area contributed by atoms with Crippen molar-refractivity contribution in [3.63, 3.8) is 0 Å². The lowest BCUT2D eigenvalue weighted by Crippen LogP contribution is -2.09. The Kier molecular flexibility index (Phi) is 5.18. The zero-order valence-electron chi connectivity index (χ0n) is 11.9. The van der Waals surface area contributed by atoms with Crippen molar-refractivity contribution in [2.45, 2.75) is 26.4 Å². The molecule has 2 aromatic rings. The fraction of sp³-hybridized carbons (Fsp3) is 0.235. The lowest BCUT2D eigenvalue weighted by molar-refractivity contribution is 0.217. The second kappa shape index (κ2) is 7.34. The first-order valence-electron chi connectivity index (χ1n) is 6.89. The Labute approximate surface area is 120 Å². The van der Waals surface area contributed by atoms with Crippen LogP contribution in [0.3, 0.4) is 0 Å². The van der Waals surface area contributed by atoms with Crippen molar-refractivity contribution in [3.8, 4) is 5.75 Å². The zero-order valence-corrected chi connectivity index (χ0v) is 11.9.